The molecule has 0 N–H and O–H groups in total. The van der Waals surface area contributed by atoms with Crippen LogP contribution in [-0.4, -0.2) is 34.4 Å². The molecule has 24 heavy (non-hydrogen) atoms. The maximum Gasteiger partial charge on any atom is 0.192 e. The number of hydrogen-bond donors (Lipinski definition) is 0. The molecule has 0 saturated heterocycles. The lowest BCUT2D eigenvalue weighted by atomic mass is 10.1. The first-order valence-corrected chi connectivity index (χ1v) is 11.5. The molecule has 0 radical (unpaired) electrons. The third kappa shape index (κ3) is 5.35. The van der Waals surface area contributed by atoms with Gasteiger partial charge in [-0.25, -0.2) is 0 Å². The molecule has 0 aliphatic carbocycles. The van der Waals surface area contributed by atoms with Crippen LogP contribution in [0, 0.1) is 6.92 Å². The van der Waals surface area contributed by atoms with Gasteiger partial charge in [-0.15, -0.1) is 0 Å². The Morgan fingerprint density at radius 1 is 1.08 bits per heavy atom. The van der Waals surface area contributed by atoms with Crippen LogP contribution in [0.4, 0.5) is 0 Å². The Labute approximate surface area is 147 Å². The van der Waals surface area contributed by atoms with Gasteiger partial charge in [0.05, 0.1) is 18.8 Å². The molecule has 0 fully saturated rings. The van der Waals surface area contributed by atoms with E-state index in [1.54, 1.807) is 6.07 Å². The highest BCUT2D eigenvalue weighted by Crippen LogP contribution is 2.36. The molecule has 0 bridgehead atoms. The third-order valence-corrected chi connectivity index (χ3v) is 9.11. The van der Waals surface area contributed by atoms with E-state index in [2.05, 4.69) is 40.8 Å². The summed E-state index contributed by atoms with van der Waals surface area (Å²) >= 11 is 0. The smallest absolute Gasteiger partial charge is 0.192 e. The van der Waals surface area contributed by atoms with Gasteiger partial charge in [-0.2, -0.15) is 0 Å². The summed E-state index contributed by atoms with van der Waals surface area (Å²) in [7, 11) is -1.78. The topological polar surface area (TPSA) is 44.8 Å². The lowest BCUT2D eigenvalue weighted by Gasteiger charge is -2.36. The highest BCUT2D eigenvalue weighted by atomic mass is 28.4. The molecular weight excluding hydrogens is 320 g/mol. The van der Waals surface area contributed by atoms with E-state index in [9.17, 15) is 4.79 Å². The maximum atomic E-state index is 11.3. The maximum absolute atomic E-state index is 11.3. The van der Waals surface area contributed by atoms with Crippen LogP contribution in [0.2, 0.25) is 18.1 Å². The van der Waals surface area contributed by atoms with Gasteiger partial charge in [0, 0.05) is 5.56 Å². The van der Waals surface area contributed by atoms with Crippen LogP contribution in [0.25, 0.3) is 0 Å². The second-order valence-corrected chi connectivity index (χ2v) is 12.3. The first kappa shape index (κ1) is 20.7. The van der Waals surface area contributed by atoms with Crippen molar-refractivity contribution in [3.05, 3.63) is 23.3 Å². The fourth-order valence-electron chi connectivity index (χ4n) is 2.00. The molecule has 0 heterocycles. The highest BCUT2D eigenvalue weighted by Gasteiger charge is 2.36. The standard InChI is InChI=1S/C19H32O4Si/c1-8-11-21-17-10-9-16(14-20)18(15(17)2)22-12-13-23-24(6,7)19(3,4)5/h9-10,14H,8,11-13H2,1-7H3. The minimum atomic E-state index is -1.78. The molecule has 4 nitrogen and oxygen atoms in total. The number of aldehydes is 1. The van der Waals surface area contributed by atoms with Gasteiger partial charge in [0.1, 0.15) is 18.1 Å². The second kappa shape index (κ2) is 8.67. The average Bonchev–Trinajstić information content (AvgIpc) is 2.50. The molecule has 136 valence electrons. The Hall–Kier alpha value is -1.33. The summed E-state index contributed by atoms with van der Waals surface area (Å²) in [4.78, 5) is 11.3. The lowest BCUT2D eigenvalue weighted by molar-refractivity contribution is 0.111. The molecule has 0 unspecified atom stereocenters. The molecule has 0 aromatic heterocycles. The molecule has 0 aliphatic rings. The summed E-state index contributed by atoms with van der Waals surface area (Å²) in [5.74, 6) is 1.36. The number of carbonyl (C=O) groups excluding carboxylic acids is 1. The van der Waals surface area contributed by atoms with Gasteiger partial charge in [0.15, 0.2) is 14.6 Å². The van der Waals surface area contributed by atoms with Crippen molar-refractivity contribution in [3.8, 4) is 11.5 Å². The monoisotopic (exact) mass is 352 g/mol. The first-order valence-electron chi connectivity index (χ1n) is 8.62. The van der Waals surface area contributed by atoms with Gasteiger partial charge in [-0.05, 0) is 43.6 Å². The molecule has 0 atom stereocenters. The number of rotatable bonds is 9. The Balaban J connectivity index is 2.75. The zero-order valence-corrected chi connectivity index (χ0v) is 17.2. The van der Waals surface area contributed by atoms with E-state index in [1.165, 1.54) is 0 Å². The summed E-state index contributed by atoms with van der Waals surface area (Å²) in [5, 5.41) is 0.171. The third-order valence-electron chi connectivity index (χ3n) is 4.57. The van der Waals surface area contributed by atoms with Crippen molar-refractivity contribution in [1.29, 1.82) is 0 Å². The summed E-state index contributed by atoms with van der Waals surface area (Å²) in [6, 6.07) is 3.57. The van der Waals surface area contributed by atoms with Crippen molar-refractivity contribution in [2.75, 3.05) is 19.8 Å². The summed E-state index contributed by atoms with van der Waals surface area (Å²) in [5.41, 5.74) is 1.41. The zero-order chi connectivity index (χ0) is 18.4. The predicted octanol–water partition coefficient (Wildman–Crippen LogP) is 5.00. The fraction of sp³-hybridized carbons (Fsp3) is 0.632. The molecular formula is C19H32O4Si. The van der Waals surface area contributed by atoms with Gasteiger partial charge in [-0.1, -0.05) is 27.7 Å². The van der Waals surface area contributed by atoms with Gasteiger partial charge >= 0.3 is 0 Å². The van der Waals surface area contributed by atoms with Crippen molar-refractivity contribution < 1.29 is 18.7 Å². The highest BCUT2D eigenvalue weighted by molar-refractivity contribution is 6.74. The van der Waals surface area contributed by atoms with E-state index in [-0.39, 0.29) is 5.04 Å². The van der Waals surface area contributed by atoms with Crippen molar-refractivity contribution in [2.45, 2.75) is 59.2 Å². The molecule has 1 aromatic carbocycles. The minimum absolute atomic E-state index is 0.171. The quantitative estimate of drug-likeness (QED) is 0.356. The number of ether oxygens (including phenoxy) is 2. The largest absolute Gasteiger partial charge is 0.493 e. The molecule has 0 spiro atoms. The number of hydrogen-bond acceptors (Lipinski definition) is 4. The Morgan fingerprint density at radius 2 is 1.75 bits per heavy atom. The summed E-state index contributed by atoms with van der Waals surface area (Å²) in [6.45, 7) is 16.6. The summed E-state index contributed by atoms with van der Waals surface area (Å²) < 4.78 is 17.7. The van der Waals surface area contributed by atoms with E-state index in [0.717, 1.165) is 24.0 Å². The molecule has 0 aliphatic heterocycles. The lowest BCUT2D eigenvalue weighted by Crippen LogP contribution is -2.41. The summed E-state index contributed by atoms with van der Waals surface area (Å²) in [6.07, 6.45) is 1.76. The normalized spacial score (nSPS) is 12.1. The SMILES string of the molecule is CCCOc1ccc(C=O)c(OCCO[Si](C)(C)C(C)(C)C)c1C. The van der Waals surface area contributed by atoms with Crippen LogP contribution in [0.3, 0.4) is 0 Å². The second-order valence-electron chi connectivity index (χ2n) is 7.53. The van der Waals surface area contributed by atoms with Crippen LogP contribution in [0.5, 0.6) is 11.5 Å². The van der Waals surface area contributed by atoms with E-state index in [4.69, 9.17) is 13.9 Å². The van der Waals surface area contributed by atoms with Crippen molar-refractivity contribution in [2.24, 2.45) is 0 Å². The molecule has 5 heteroatoms. The molecule has 1 aromatic rings. The van der Waals surface area contributed by atoms with Gasteiger partial charge < -0.3 is 13.9 Å². The van der Waals surface area contributed by atoms with Gasteiger partial charge in [-0.3, -0.25) is 4.79 Å². The molecule has 0 amide bonds. The van der Waals surface area contributed by atoms with Gasteiger partial charge in [0.25, 0.3) is 0 Å². The first-order chi connectivity index (χ1) is 11.1. The zero-order valence-electron chi connectivity index (χ0n) is 16.2. The van der Waals surface area contributed by atoms with Crippen molar-refractivity contribution >= 4 is 14.6 Å². The average molecular weight is 353 g/mol. The number of benzene rings is 1. The predicted molar refractivity (Wildman–Crippen MR) is 101 cm³/mol. The fourth-order valence-corrected chi connectivity index (χ4v) is 3.03. The van der Waals surface area contributed by atoms with E-state index in [1.807, 2.05) is 13.0 Å². The Bertz CT molecular complexity index is 547. The van der Waals surface area contributed by atoms with Crippen molar-refractivity contribution in [1.82, 2.24) is 0 Å². The molecule has 1 rings (SSSR count). The van der Waals surface area contributed by atoms with E-state index < -0.39 is 8.32 Å². The van der Waals surface area contributed by atoms with Crippen LogP contribution >= 0.6 is 0 Å². The molecule has 0 saturated carbocycles. The van der Waals surface area contributed by atoms with Crippen LogP contribution < -0.4 is 9.47 Å². The van der Waals surface area contributed by atoms with Crippen LogP contribution in [0.15, 0.2) is 12.1 Å². The number of carbonyl (C=O) groups is 1. The Kier molecular flexibility index (Phi) is 7.48. The van der Waals surface area contributed by atoms with Gasteiger partial charge in [0.2, 0.25) is 0 Å². The minimum Gasteiger partial charge on any atom is -0.493 e. The van der Waals surface area contributed by atoms with Crippen molar-refractivity contribution in [3.63, 3.8) is 0 Å². The van der Waals surface area contributed by atoms with E-state index in [0.29, 0.717) is 31.1 Å². The Morgan fingerprint density at radius 3 is 2.29 bits per heavy atom. The van der Waals surface area contributed by atoms with Crippen LogP contribution in [-0.2, 0) is 4.43 Å². The van der Waals surface area contributed by atoms with E-state index >= 15 is 0 Å². The van der Waals surface area contributed by atoms with Crippen LogP contribution in [0.1, 0.15) is 50.0 Å².